The standard InChI is InChI=1S/C7H13NS/c8-7(9)5-6-3-1-2-4-6/h6H,1-5H2,(H2,8,9). The summed E-state index contributed by atoms with van der Waals surface area (Å²) >= 11 is 4.81. The van der Waals surface area contributed by atoms with Gasteiger partial charge in [0, 0.05) is 6.42 Å². The molecule has 1 saturated carbocycles. The maximum atomic E-state index is 5.40. The van der Waals surface area contributed by atoms with E-state index in [1.165, 1.54) is 25.7 Å². The van der Waals surface area contributed by atoms with Gasteiger partial charge >= 0.3 is 0 Å². The Balaban J connectivity index is 2.19. The van der Waals surface area contributed by atoms with Gasteiger partial charge in [-0.3, -0.25) is 0 Å². The van der Waals surface area contributed by atoms with Gasteiger partial charge in [0.25, 0.3) is 0 Å². The molecule has 1 nitrogen and oxygen atoms in total. The van der Waals surface area contributed by atoms with Crippen molar-refractivity contribution in [3.8, 4) is 0 Å². The highest BCUT2D eigenvalue weighted by Gasteiger charge is 2.14. The second-order valence-electron chi connectivity index (χ2n) is 2.82. The zero-order chi connectivity index (χ0) is 6.69. The van der Waals surface area contributed by atoms with E-state index in [1.807, 2.05) is 0 Å². The summed E-state index contributed by atoms with van der Waals surface area (Å²) in [6.45, 7) is 0. The van der Waals surface area contributed by atoms with E-state index in [0.717, 1.165) is 12.3 Å². The molecule has 52 valence electrons. The van der Waals surface area contributed by atoms with Gasteiger partial charge in [0.15, 0.2) is 0 Å². The first-order valence-electron chi connectivity index (χ1n) is 3.57. The first-order chi connectivity index (χ1) is 4.29. The molecule has 0 aromatic heterocycles. The molecule has 9 heavy (non-hydrogen) atoms. The van der Waals surface area contributed by atoms with Crippen molar-refractivity contribution in [2.75, 3.05) is 0 Å². The average Bonchev–Trinajstić information content (AvgIpc) is 2.15. The summed E-state index contributed by atoms with van der Waals surface area (Å²) in [5.74, 6) is 0.822. The van der Waals surface area contributed by atoms with Gasteiger partial charge in [0.05, 0.1) is 4.99 Å². The molecule has 0 saturated heterocycles. The summed E-state index contributed by atoms with van der Waals surface area (Å²) in [4.78, 5) is 0.696. The second kappa shape index (κ2) is 3.16. The van der Waals surface area contributed by atoms with Crippen LogP contribution < -0.4 is 5.73 Å². The molecule has 1 aliphatic rings. The third-order valence-electron chi connectivity index (χ3n) is 1.96. The van der Waals surface area contributed by atoms with Gasteiger partial charge < -0.3 is 5.73 Å². The summed E-state index contributed by atoms with van der Waals surface area (Å²) in [6.07, 6.45) is 6.44. The smallest absolute Gasteiger partial charge is 0.0730 e. The molecule has 0 aliphatic heterocycles. The van der Waals surface area contributed by atoms with Crippen LogP contribution in [0.4, 0.5) is 0 Å². The Morgan fingerprint density at radius 2 is 2.00 bits per heavy atom. The maximum absolute atomic E-state index is 5.40. The van der Waals surface area contributed by atoms with Crippen molar-refractivity contribution in [1.29, 1.82) is 0 Å². The Bertz CT molecular complexity index is 105. The molecular formula is C7H13NS. The maximum Gasteiger partial charge on any atom is 0.0730 e. The predicted octanol–water partition coefficient (Wildman–Crippen LogP) is 1.85. The highest BCUT2D eigenvalue weighted by molar-refractivity contribution is 7.80. The Morgan fingerprint density at radius 1 is 1.44 bits per heavy atom. The Labute approximate surface area is 61.6 Å². The minimum atomic E-state index is 0.696. The molecule has 1 aliphatic carbocycles. The van der Waals surface area contributed by atoms with Crippen LogP contribution in [0.5, 0.6) is 0 Å². The number of hydrogen-bond donors (Lipinski definition) is 1. The molecule has 0 heterocycles. The van der Waals surface area contributed by atoms with E-state index >= 15 is 0 Å². The quantitative estimate of drug-likeness (QED) is 0.597. The summed E-state index contributed by atoms with van der Waals surface area (Å²) < 4.78 is 0. The molecule has 0 spiro atoms. The lowest BCUT2D eigenvalue weighted by molar-refractivity contribution is 0.574. The van der Waals surface area contributed by atoms with E-state index in [9.17, 15) is 0 Å². The molecule has 0 unspecified atom stereocenters. The minimum Gasteiger partial charge on any atom is -0.393 e. The second-order valence-corrected chi connectivity index (χ2v) is 3.35. The van der Waals surface area contributed by atoms with E-state index in [0.29, 0.717) is 4.99 Å². The molecule has 0 aromatic rings. The summed E-state index contributed by atoms with van der Waals surface area (Å²) in [5.41, 5.74) is 5.40. The molecule has 1 fully saturated rings. The van der Waals surface area contributed by atoms with Crippen LogP contribution in [0.3, 0.4) is 0 Å². The molecule has 0 radical (unpaired) electrons. The molecule has 0 atom stereocenters. The van der Waals surface area contributed by atoms with Crippen LogP contribution in [0.2, 0.25) is 0 Å². The zero-order valence-electron chi connectivity index (χ0n) is 5.60. The molecule has 0 bridgehead atoms. The molecule has 0 amide bonds. The van der Waals surface area contributed by atoms with Crippen molar-refractivity contribution in [3.63, 3.8) is 0 Å². The van der Waals surface area contributed by atoms with Crippen molar-refractivity contribution in [3.05, 3.63) is 0 Å². The van der Waals surface area contributed by atoms with Crippen LogP contribution in [-0.2, 0) is 0 Å². The number of rotatable bonds is 2. The number of hydrogen-bond acceptors (Lipinski definition) is 1. The van der Waals surface area contributed by atoms with Crippen LogP contribution >= 0.6 is 12.2 Å². The topological polar surface area (TPSA) is 26.0 Å². The fourth-order valence-electron chi connectivity index (χ4n) is 1.50. The largest absolute Gasteiger partial charge is 0.393 e. The SMILES string of the molecule is NC(=S)CC1CCCC1. The van der Waals surface area contributed by atoms with Gasteiger partial charge in [-0.05, 0) is 5.92 Å². The van der Waals surface area contributed by atoms with Crippen molar-refractivity contribution in [1.82, 2.24) is 0 Å². The highest BCUT2D eigenvalue weighted by atomic mass is 32.1. The first-order valence-corrected chi connectivity index (χ1v) is 3.98. The van der Waals surface area contributed by atoms with Crippen LogP contribution in [0.1, 0.15) is 32.1 Å². The van der Waals surface area contributed by atoms with Gasteiger partial charge in [0.1, 0.15) is 0 Å². The van der Waals surface area contributed by atoms with Gasteiger partial charge in [-0.25, -0.2) is 0 Å². The lowest BCUT2D eigenvalue weighted by Crippen LogP contribution is -2.11. The third kappa shape index (κ3) is 2.31. The number of thiocarbonyl (C=S) groups is 1. The van der Waals surface area contributed by atoms with Gasteiger partial charge in [-0.2, -0.15) is 0 Å². The fraction of sp³-hybridized carbons (Fsp3) is 0.857. The van der Waals surface area contributed by atoms with Gasteiger partial charge in [-0.1, -0.05) is 37.9 Å². The third-order valence-corrected chi connectivity index (χ3v) is 2.13. The summed E-state index contributed by atoms with van der Waals surface area (Å²) in [5, 5.41) is 0. The van der Waals surface area contributed by atoms with E-state index in [-0.39, 0.29) is 0 Å². The Morgan fingerprint density at radius 3 is 2.44 bits per heavy atom. The van der Waals surface area contributed by atoms with E-state index < -0.39 is 0 Å². The van der Waals surface area contributed by atoms with Crippen molar-refractivity contribution in [2.24, 2.45) is 11.7 Å². The Hall–Kier alpha value is -0.110. The predicted molar refractivity (Wildman–Crippen MR) is 43.4 cm³/mol. The molecule has 2 N–H and O–H groups in total. The van der Waals surface area contributed by atoms with E-state index in [4.69, 9.17) is 18.0 Å². The summed E-state index contributed by atoms with van der Waals surface area (Å²) in [7, 11) is 0. The zero-order valence-corrected chi connectivity index (χ0v) is 6.41. The van der Waals surface area contributed by atoms with Crippen molar-refractivity contribution >= 4 is 17.2 Å². The molecule has 0 aromatic carbocycles. The van der Waals surface area contributed by atoms with Crippen molar-refractivity contribution in [2.45, 2.75) is 32.1 Å². The normalized spacial score (nSPS) is 20.4. The van der Waals surface area contributed by atoms with E-state index in [1.54, 1.807) is 0 Å². The van der Waals surface area contributed by atoms with Gasteiger partial charge in [-0.15, -0.1) is 0 Å². The molecule has 2 heteroatoms. The lowest BCUT2D eigenvalue weighted by atomic mass is 10.1. The summed E-state index contributed by atoms with van der Waals surface area (Å²) in [6, 6.07) is 0. The first kappa shape index (κ1) is 7.00. The molecule has 1 rings (SSSR count). The average molecular weight is 143 g/mol. The van der Waals surface area contributed by atoms with Crippen LogP contribution in [0.25, 0.3) is 0 Å². The highest BCUT2D eigenvalue weighted by Crippen LogP contribution is 2.27. The monoisotopic (exact) mass is 143 g/mol. The minimum absolute atomic E-state index is 0.696. The van der Waals surface area contributed by atoms with Crippen LogP contribution in [0.15, 0.2) is 0 Å². The van der Waals surface area contributed by atoms with E-state index in [2.05, 4.69) is 0 Å². The molecular weight excluding hydrogens is 130 g/mol. The van der Waals surface area contributed by atoms with Crippen LogP contribution in [-0.4, -0.2) is 4.99 Å². The van der Waals surface area contributed by atoms with Gasteiger partial charge in [0.2, 0.25) is 0 Å². The number of nitrogens with two attached hydrogens (primary N) is 1. The van der Waals surface area contributed by atoms with Crippen molar-refractivity contribution < 1.29 is 0 Å². The lowest BCUT2D eigenvalue weighted by Gasteiger charge is -2.04. The Kier molecular flexibility index (Phi) is 2.46. The van der Waals surface area contributed by atoms with Crippen LogP contribution in [0, 0.1) is 5.92 Å². The fourth-order valence-corrected chi connectivity index (χ4v) is 1.73.